The van der Waals surface area contributed by atoms with Gasteiger partial charge in [-0.25, -0.2) is 8.70 Å². The van der Waals surface area contributed by atoms with Gasteiger partial charge in [0.05, 0.1) is 22.0 Å². The first-order valence-corrected chi connectivity index (χ1v) is 11.1. The summed E-state index contributed by atoms with van der Waals surface area (Å²) < 4.78 is 49.8. The molecule has 0 radical (unpaired) electrons. The van der Waals surface area contributed by atoms with Gasteiger partial charge in [0.1, 0.15) is 0 Å². The Morgan fingerprint density at radius 2 is 1.70 bits per heavy atom. The molecule has 0 unspecified atom stereocenters. The Morgan fingerprint density at radius 3 is 2.33 bits per heavy atom. The van der Waals surface area contributed by atoms with E-state index < -0.39 is 27.7 Å². The second-order valence-corrected chi connectivity index (χ2v) is 8.96. The minimum atomic E-state index is -5.05. The van der Waals surface area contributed by atoms with Gasteiger partial charge in [0.2, 0.25) is 0 Å². The highest BCUT2D eigenvalue weighted by Crippen LogP contribution is 2.36. The molecule has 6 nitrogen and oxygen atoms in total. The smallest absolute Gasteiger partial charge is 0.322 e. The first-order valence-electron chi connectivity index (χ1n) is 8.16. The lowest BCUT2D eigenvalue weighted by molar-refractivity contribution is 0.102. The van der Waals surface area contributed by atoms with Crippen LogP contribution >= 0.6 is 39.1 Å². The summed E-state index contributed by atoms with van der Waals surface area (Å²) in [5.74, 6) is -1.82. The van der Waals surface area contributed by atoms with Crippen molar-refractivity contribution in [2.75, 3.05) is 9.62 Å². The Kier molecular flexibility index (Phi) is 6.68. The molecule has 3 rings (SSSR count). The van der Waals surface area contributed by atoms with Crippen molar-refractivity contribution in [3.63, 3.8) is 0 Å². The third kappa shape index (κ3) is 4.93. The molecule has 3 aromatic rings. The minimum absolute atomic E-state index is 0.126. The predicted octanol–water partition coefficient (Wildman–Crippen LogP) is 6.09. The van der Waals surface area contributed by atoms with Crippen LogP contribution in [0.3, 0.4) is 0 Å². The highest BCUT2D eigenvalue weighted by atomic mass is 79.9. The van der Waals surface area contributed by atoms with E-state index in [0.717, 1.165) is 10.5 Å². The van der Waals surface area contributed by atoms with E-state index in [-0.39, 0.29) is 25.6 Å². The van der Waals surface area contributed by atoms with Gasteiger partial charge in [0, 0.05) is 15.2 Å². The fraction of sp³-hybridized carbons (Fsp3) is 0. The molecular weight excluding hydrogens is 522 g/mol. The number of hydrogen-bond donors (Lipinski definition) is 2. The molecule has 0 aliphatic rings. The summed E-state index contributed by atoms with van der Waals surface area (Å²) in [4.78, 5) is 12.9. The van der Waals surface area contributed by atoms with E-state index in [1.165, 1.54) is 30.3 Å². The Hall–Kier alpha value is -2.17. The highest BCUT2D eigenvalue weighted by molar-refractivity contribution is 9.10. The summed E-state index contributed by atoms with van der Waals surface area (Å²) in [6.45, 7) is 0. The Labute approximate surface area is 190 Å². The van der Waals surface area contributed by atoms with Gasteiger partial charge in [0.25, 0.3) is 5.91 Å². The maximum atomic E-state index is 14.6. The van der Waals surface area contributed by atoms with Gasteiger partial charge in [-0.2, -0.15) is 8.42 Å². The summed E-state index contributed by atoms with van der Waals surface area (Å²) >= 11 is 15.0. The van der Waals surface area contributed by atoms with Crippen molar-refractivity contribution in [3.05, 3.63) is 86.6 Å². The van der Waals surface area contributed by atoms with Crippen LogP contribution in [0, 0.1) is 5.82 Å². The summed E-state index contributed by atoms with van der Waals surface area (Å²) in [5, 5.41) is 2.36. The quantitative estimate of drug-likeness (QED) is 0.388. The van der Waals surface area contributed by atoms with Crippen LogP contribution < -0.4 is 9.62 Å². The number of halogens is 4. The van der Waals surface area contributed by atoms with E-state index in [9.17, 15) is 22.2 Å². The van der Waals surface area contributed by atoms with Gasteiger partial charge in [0.15, 0.2) is 5.82 Å². The van der Waals surface area contributed by atoms with Gasteiger partial charge in [-0.3, -0.25) is 9.35 Å². The van der Waals surface area contributed by atoms with E-state index in [2.05, 4.69) is 21.2 Å². The topological polar surface area (TPSA) is 86.7 Å². The number of anilines is 3. The lowest BCUT2D eigenvalue weighted by Gasteiger charge is -2.24. The van der Waals surface area contributed by atoms with E-state index in [1.807, 2.05) is 0 Å². The monoisotopic (exact) mass is 532 g/mol. The molecule has 0 bridgehead atoms. The summed E-state index contributed by atoms with van der Waals surface area (Å²) in [6.07, 6.45) is 0. The predicted molar refractivity (Wildman–Crippen MR) is 119 cm³/mol. The maximum absolute atomic E-state index is 14.6. The standard InChI is InChI=1S/C19H12BrCl2FN2O4S/c20-11-4-7-13(8-5-11)24-19(26)14-10-12(21)6-9-16(14)25(30(27,28)29)17-3-1-2-15(22)18(17)23/h1-10H,(H,24,26)(H,27,28,29). The van der Waals surface area contributed by atoms with Crippen molar-refractivity contribution in [1.82, 2.24) is 0 Å². The molecule has 0 aromatic heterocycles. The number of hydrogen-bond acceptors (Lipinski definition) is 3. The van der Waals surface area contributed by atoms with Crippen LogP contribution in [0.4, 0.5) is 21.5 Å². The second-order valence-electron chi connectivity index (χ2n) is 5.94. The molecule has 2 N–H and O–H groups in total. The van der Waals surface area contributed by atoms with Crippen molar-refractivity contribution in [1.29, 1.82) is 0 Å². The Morgan fingerprint density at radius 1 is 1.03 bits per heavy atom. The third-order valence-electron chi connectivity index (χ3n) is 3.90. The molecule has 0 aliphatic carbocycles. The number of carbonyl (C=O) groups excluding carboxylic acids is 1. The molecule has 3 aromatic carbocycles. The molecular formula is C19H12BrCl2FN2O4S. The summed E-state index contributed by atoms with van der Waals surface area (Å²) in [5.41, 5.74) is -0.688. The molecule has 0 heterocycles. The van der Waals surface area contributed by atoms with Crippen LogP contribution in [0.15, 0.2) is 65.1 Å². The molecule has 30 heavy (non-hydrogen) atoms. The van der Waals surface area contributed by atoms with Crippen molar-refractivity contribution in [2.45, 2.75) is 0 Å². The van der Waals surface area contributed by atoms with Crippen LogP contribution in [-0.4, -0.2) is 18.9 Å². The number of amides is 1. The summed E-state index contributed by atoms with van der Waals surface area (Å²) in [7, 11) is -5.05. The maximum Gasteiger partial charge on any atom is 0.364 e. The first kappa shape index (κ1) is 22.5. The average molecular weight is 534 g/mol. The molecule has 0 saturated heterocycles. The van der Waals surface area contributed by atoms with Crippen LogP contribution in [-0.2, 0) is 10.3 Å². The largest absolute Gasteiger partial charge is 0.364 e. The molecule has 0 spiro atoms. The lowest BCUT2D eigenvalue weighted by Crippen LogP contribution is -2.28. The second kappa shape index (κ2) is 8.91. The zero-order chi connectivity index (χ0) is 22.1. The average Bonchev–Trinajstić information content (AvgIpc) is 2.67. The zero-order valence-corrected chi connectivity index (χ0v) is 18.7. The van der Waals surface area contributed by atoms with Crippen LogP contribution in [0.5, 0.6) is 0 Å². The Balaban J connectivity index is 2.15. The normalized spacial score (nSPS) is 11.2. The molecule has 0 atom stereocenters. The van der Waals surface area contributed by atoms with Crippen molar-refractivity contribution in [3.8, 4) is 0 Å². The minimum Gasteiger partial charge on any atom is -0.322 e. The fourth-order valence-corrected chi connectivity index (χ4v) is 4.03. The van der Waals surface area contributed by atoms with Gasteiger partial charge < -0.3 is 5.32 Å². The molecule has 0 saturated carbocycles. The number of benzene rings is 3. The third-order valence-corrected chi connectivity index (χ3v) is 5.82. The molecule has 0 fully saturated rings. The first-order chi connectivity index (χ1) is 14.1. The highest BCUT2D eigenvalue weighted by Gasteiger charge is 2.30. The van der Waals surface area contributed by atoms with Gasteiger partial charge in [-0.05, 0) is 54.6 Å². The molecule has 1 amide bonds. The Bertz CT molecular complexity index is 1220. The van der Waals surface area contributed by atoms with E-state index in [4.69, 9.17) is 23.2 Å². The van der Waals surface area contributed by atoms with Gasteiger partial charge in [-0.15, -0.1) is 0 Å². The van der Waals surface area contributed by atoms with E-state index in [1.54, 1.807) is 24.3 Å². The number of rotatable bonds is 5. The zero-order valence-electron chi connectivity index (χ0n) is 14.8. The van der Waals surface area contributed by atoms with Crippen LogP contribution in [0.25, 0.3) is 0 Å². The van der Waals surface area contributed by atoms with Crippen LogP contribution in [0.2, 0.25) is 10.0 Å². The fourth-order valence-electron chi connectivity index (χ4n) is 2.63. The van der Waals surface area contributed by atoms with E-state index >= 15 is 0 Å². The number of carbonyl (C=O) groups is 1. The van der Waals surface area contributed by atoms with Gasteiger partial charge in [-0.1, -0.05) is 45.2 Å². The number of nitrogens with one attached hydrogen (secondary N) is 1. The molecule has 156 valence electrons. The number of nitrogens with zero attached hydrogens (tertiary/aromatic N) is 1. The van der Waals surface area contributed by atoms with Crippen molar-refractivity contribution in [2.24, 2.45) is 0 Å². The van der Waals surface area contributed by atoms with Gasteiger partial charge >= 0.3 is 10.3 Å². The van der Waals surface area contributed by atoms with Crippen LogP contribution in [0.1, 0.15) is 10.4 Å². The lowest BCUT2D eigenvalue weighted by atomic mass is 10.1. The van der Waals surface area contributed by atoms with E-state index in [0.29, 0.717) is 5.69 Å². The molecule has 0 aliphatic heterocycles. The summed E-state index contributed by atoms with van der Waals surface area (Å²) in [6, 6.07) is 13.9. The SMILES string of the molecule is O=C(Nc1ccc(Br)cc1)c1cc(Cl)ccc1N(c1cccc(Cl)c1F)S(=O)(=O)O. The van der Waals surface area contributed by atoms with Crippen molar-refractivity contribution < 1.29 is 22.2 Å². The van der Waals surface area contributed by atoms with Crippen molar-refractivity contribution >= 4 is 72.4 Å². The molecule has 11 heteroatoms.